The molecular formula is C13H21N3OS. The van der Waals surface area contributed by atoms with Crippen molar-refractivity contribution in [2.45, 2.75) is 32.2 Å². The van der Waals surface area contributed by atoms with Gasteiger partial charge in [-0.25, -0.2) is 4.98 Å². The van der Waals surface area contributed by atoms with Gasteiger partial charge in [-0.1, -0.05) is 6.92 Å². The van der Waals surface area contributed by atoms with Crippen molar-refractivity contribution in [3.8, 4) is 0 Å². The fraction of sp³-hybridized carbons (Fsp3) is 0.615. The summed E-state index contributed by atoms with van der Waals surface area (Å²) in [4.78, 5) is 5.71. The third-order valence-corrected chi connectivity index (χ3v) is 3.76. The van der Waals surface area contributed by atoms with E-state index in [0.717, 1.165) is 37.4 Å². The number of hydrogen-bond acceptors (Lipinski definition) is 4. The molecule has 0 bridgehead atoms. The molecule has 100 valence electrons. The molecule has 4 nitrogen and oxygen atoms in total. The minimum absolute atomic E-state index is 0.495. The van der Waals surface area contributed by atoms with Crippen molar-refractivity contribution in [1.82, 2.24) is 14.7 Å². The number of nitrogens with one attached hydrogen (secondary N) is 1. The molecular weight excluding hydrogens is 246 g/mol. The molecule has 0 aliphatic carbocycles. The number of methoxy groups -OCH3 is 1. The first-order valence-corrected chi connectivity index (χ1v) is 7.35. The van der Waals surface area contributed by atoms with Gasteiger partial charge in [0.15, 0.2) is 4.96 Å². The number of fused-ring (bicyclic) bond motifs is 1. The Labute approximate surface area is 112 Å². The van der Waals surface area contributed by atoms with Crippen LogP contribution >= 0.6 is 11.3 Å². The quantitative estimate of drug-likeness (QED) is 0.746. The molecule has 0 fully saturated rings. The summed E-state index contributed by atoms with van der Waals surface area (Å²) < 4.78 is 7.21. The highest BCUT2D eigenvalue weighted by atomic mass is 32.1. The van der Waals surface area contributed by atoms with E-state index in [4.69, 9.17) is 4.74 Å². The van der Waals surface area contributed by atoms with E-state index in [0.29, 0.717) is 6.04 Å². The minimum atomic E-state index is 0.495. The second-order valence-corrected chi connectivity index (χ2v) is 5.29. The Bertz CT molecular complexity index is 437. The van der Waals surface area contributed by atoms with E-state index in [1.54, 1.807) is 18.4 Å². The van der Waals surface area contributed by atoms with Crippen LogP contribution in [0.25, 0.3) is 4.96 Å². The Kier molecular flexibility index (Phi) is 5.16. The maximum atomic E-state index is 5.11. The zero-order chi connectivity index (χ0) is 12.8. The Morgan fingerprint density at radius 2 is 2.44 bits per heavy atom. The normalized spacial score (nSPS) is 13.2. The first-order valence-electron chi connectivity index (χ1n) is 6.47. The van der Waals surface area contributed by atoms with Gasteiger partial charge < -0.3 is 10.1 Å². The van der Waals surface area contributed by atoms with Crippen molar-refractivity contribution < 1.29 is 4.74 Å². The van der Waals surface area contributed by atoms with Crippen LogP contribution in [0.1, 0.15) is 25.5 Å². The van der Waals surface area contributed by atoms with E-state index in [2.05, 4.69) is 39.4 Å². The van der Waals surface area contributed by atoms with E-state index in [1.807, 2.05) is 0 Å². The highest BCUT2D eigenvalue weighted by Crippen LogP contribution is 2.13. The van der Waals surface area contributed by atoms with Gasteiger partial charge in [-0.05, 0) is 19.4 Å². The number of likely N-dealkylation sites (N-methyl/N-ethyl adjacent to an activating group) is 1. The molecule has 5 heteroatoms. The monoisotopic (exact) mass is 267 g/mol. The molecule has 2 heterocycles. The summed E-state index contributed by atoms with van der Waals surface area (Å²) in [6, 6.07) is 0.495. The zero-order valence-corrected chi connectivity index (χ0v) is 11.9. The van der Waals surface area contributed by atoms with Crippen molar-refractivity contribution in [2.75, 3.05) is 20.3 Å². The standard InChI is InChI=1S/C13H21N3OS/c1-3-14-11(5-4-7-17-2)9-12-10-16-6-8-18-13(16)15-12/h6,8,10-11,14H,3-5,7,9H2,1-2H3. The first kappa shape index (κ1) is 13.5. The van der Waals surface area contributed by atoms with Crippen molar-refractivity contribution in [3.63, 3.8) is 0 Å². The van der Waals surface area contributed by atoms with E-state index in [9.17, 15) is 0 Å². The summed E-state index contributed by atoms with van der Waals surface area (Å²) in [5.74, 6) is 0. The molecule has 0 amide bonds. The second-order valence-electron chi connectivity index (χ2n) is 4.42. The van der Waals surface area contributed by atoms with Gasteiger partial charge in [-0.2, -0.15) is 0 Å². The lowest BCUT2D eigenvalue weighted by Gasteiger charge is -2.16. The fourth-order valence-corrected chi connectivity index (χ4v) is 2.88. The lowest BCUT2D eigenvalue weighted by Crippen LogP contribution is -2.31. The Balaban J connectivity index is 1.92. The maximum absolute atomic E-state index is 5.11. The molecule has 1 atom stereocenters. The van der Waals surface area contributed by atoms with Crippen molar-refractivity contribution in [3.05, 3.63) is 23.5 Å². The van der Waals surface area contributed by atoms with Crippen LogP contribution in [-0.2, 0) is 11.2 Å². The van der Waals surface area contributed by atoms with E-state index in [-0.39, 0.29) is 0 Å². The Hall–Kier alpha value is -0.910. The van der Waals surface area contributed by atoms with Crippen LogP contribution in [0.4, 0.5) is 0 Å². The molecule has 1 unspecified atom stereocenters. The van der Waals surface area contributed by atoms with Gasteiger partial charge in [0.05, 0.1) is 5.69 Å². The zero-order valence-electron chi connectivity index (χ0n) is 11.1. The highest BCUT2D eigenvalue weighted by Gasteiger charge is 2.11. The Morgan fingerprint density at radius 3 is 3.17 bits per heavy atom. The number of thiazole rings is 1. The summed E-state index contributed by atoms with van der Waals surface area (Å²) in [5.41, 5.74) is 1.17. The largest absolute Gasteiger partial charge is 0.385 e. The summed E-state index contributed by atoms with van der Waals surface area (Å²) in [6.07, 6.45) is 7.41. The van der Waals surface area contributed by atoms with Crippen LogP contribution in [0, 0.1) is 0 Å². The molecule has 2 aromatic rings. The summed E-state index contributed by atoms with van der Waals surface area (Å²) in [5, 5.41) is 5.59. The number of hydrogen-bond donors (Lipinski definition) is 1. The minimum Gasteiger partial charge on any atom is -0.385 e. The van der Waals surface area contributed by atoms with Crippen LogP contribution in [0.3, 0.4) is 0 Å². The average Bonchev–Trinajstić information content (AvgIpc) is 2.90. The predicted octanol–water partition coefficient (Wildman–Crippen LogP) is 2.34. The van der Waals surface area contributed by atoms with Gasteiger partial charge in [0.1, 0.15) is 0 Å². The van der Waals surface area contributed by atoms with Crippen LogP contribution in [0.2, 0.25) is 0 Å². The third-order valence-electron chi connectivity index (χ3n) is 2.99. The molecule has 0 saturated heterocycles. The van der Waals surface area contributed by atoms with Gasteiger partial charge in [0.25, 0.3) is 0 Å². The van der Waals surface area contributed by atoms with Crippen LogP contribution < -0.4 is 5.32 Å². The lowest BCUT2D eigenvalue weighted by atomic mass is 10.1. The first-order chi connectivity index (χ1) is 8.83. The highest BCUT2D eigenvalue weighted by molar-refractivity contribution is 7.15. The molecule has 2 aromatic heterocycles. The summed E-state index contributed by atoms with van der Waals surface area (Å²) in [7, 11) is 1.76. The lowest BCUT2D eigenvalue weighted by molar-refractivity contribution is 0.188. The van der Waals surface area contributed by atoms with E-state index >= 15 is 0 Å². The third kappa shape index (κ3) is 3.54. The second kappa shape index (κ2) is 6.87. The number of rotatable bonds is 8. The summed E-state index contributed by atoms with van der Waals surface area (Å²) in [6.45, 7) is 3.98. The topological polar surface area (TPSA) is 38.6 Å². The van der Waals surface area contributed by atoms with Gasteiger partial charge >= 0.3 is 0 Å². The molecule has 0 saturated carbocycles. The number of nitrogens with zero attached hydrogens (tertiary/aromatic N) is 2. The van der Waals surface area contributed by atoms with Crippen molar-refractivity contribution in [1.29, 1.82) is 0 Å². The molecule has 1 N–H and O–H groups in total. The van der Waals surface area contributed by atoms with E-state index < -0.39 is 0 Å². The smallest absolute Gasteiger partial charge is 0.193 e. The summed E-state index contributed by atoms with van der Waals surface area (Å²) >= 11 is 1.68. The number of aromatic nitrogens is 2. The number of imidazole rings is 1. The molecule has 0 radical (unpaired) electrons. The van der Waals surface area contributed by atoms with Gasteiger partial charge in [0, 0.05) is 44.0 Å². The molecule has 2 rings (SSSR count). The van der Waals surface area contributed by atoms with E-state index in [1.165, 1.54) is 5.69 Å². The van der Waals surface area contributed by atoms with Gasteiger partial charge in [-0.3, -0.25) is 4.40 Å². The molecule has 18 heavy (non-hydrogen) atoms. The Morgan fingerprint density at radius 1 is 1.56 bits per heavy atom. The molecule has 0 aliphatic rings. The van der Waals surface area contributed by atoms with Crippen molar-refractivity contribution >= 4 is 16.3 Å². The molecule has 0 spiro atoms. The average molecular weight is 267 g/mol. The molecule has 0 aliphatic heterocycles. The number of ether oxygens (including phenoxy) is 1. The van der Waals surface area contributed by atoms with Crippen LogP contribution in [-0.4, -0.2) is 35.7 Å². The van der Waals surface area contributed by atoms with Crippen LogP contribution in [0.15, 0.2) is 17.8 Å². The van der Waals surface area contributed by atoms with Gasteiger partial charge in [0.2, 0.25) is 0 Å². The van der Waals surface area contributed by atoms with Crippen molar-refractivity contribution in [2.24, 2.45) is 0 Å². The van der Waals surface area contributed by atoms with Gasteiger partial charge in [-0.15, -0.1) is 11.3 Å². The SMILES string of the molecule is CCNC(CCCOC)Cc1cn2ccsc2n1. The maximum Gasteiger partial charge on any atom is 0.193 e. The predicted molar refractivity (Wildman–Crippen MR) is 75.3 cm³/mol. The van der Waals surface area contributed by atoms with Crippen LogP contribution in [0.5, 0.6) is 0 Å². The fourth-order valence-electron chi connectivity index (χ4n) is 2.17. The molecule has 0 aromatic carbocycles.